The van der Waals surface area contributed by atoms with Crippen LogP contribution in [0.25, 0.3) is 0 Å². The third-order valence-electron chi connectivity index (χ3n) is 15.2. The van der Waals surface area contributed by atoms with Gasteiger partial charge in [0.05, 0.1) is 6.10 Å². The molecule has 4 fully saturated rings. The van der Waals surface area contributed by atoms with E-state index in [0.29, 0.717) is 33.7 Å². The highest BCUT2D eigenvalue weighted by atomic mass is 16.5. The van der Waals surface area contributed by atoms with Crippen LogP contribution in [0.3, 0.4) is 0 Å². The van der Waals surface area contributed by atoms with Gasteiger partial charge >= 0.3 is 0 Å². The molecule has 4 aliphatic rings. The number of rotatable bonds is 12. The topological polar surface area (TPSA) is 9.23 Å². The second-order valence-electron chi connectivity index (χ2n) is 18.5. The molecule has 0 radical (unpaired) electrons. The molecule has 0 saturated heterocycles. The van der Waals surface area contributed by atoms with Crippen LogP contribution < -0.4 is 0 Å². The first-order valence-electron chi connectivity index (χ1n) is 19.0. The summed E-state index contributed by atoms with van der Waals surface area (Å²) in [6.45, 7) is 25.4. The maximum Gasteiger partial charge on any atom is 0.0625 e. The van der Waals surface area contributed by atoms with Gasteiger partial charge in [0.1, 0.15) is 0 Å². The predicted octanol–water partition coefficient (Wildman–Crippen LogP) is 12.8. The zero-order valence-corrected chi connectivity index (χ0v) is 30.9. The second-order valence-corrected chi connectivity index (χ2v) is 18.5. The quantitative estimate of drug-likeness (QED) is 0.161. The van der Waals surface area contributed by atoms with Crippen molar-refractivity contribution in [2.24, 2.45) is 62.6 Å². The lowest BCUT2D eigenvalue weighted by atomic mass is 9.42. The van der Waals surface area contributed by atoms with Gasteiger partial charge in [-0.2, -0.15) is 0 Å². The molecule has 9 unspecified atom stereocenters. The molecule has 1 nitrogen and oxygen atoms in total. The molecule has 248 valence electrons. The Hall–Kier alpha value is -0.560. The number of methoxy groups -OCH3 is 1. The van der Waals surface area contributed by atoms with E-state index in [1.807, 2.05) is 7.11 Å². The van der Waals surface area contributed by atoms with Crippen molar-refractivity contribution in [1.29, 1.82) is 0 Å². The van der Waals surface area contributed by atoms with Crippen LogP contribution in [0.4, 0.5) is 0 Å². The fraction of sp³-hybridized carbons (Fsp3) is 0.905. The van der Waals surface area contributed by atoms with Crippen molar-refractivity contribution >= 4 is 0 Å². The standard InChI is InChI=1S/C42H74O/c1-12-14-15-16-17-20-32(31(3)19-13-2)42-26-18-21-34(42)33(38(4,5)29-30-42)22-23-35-39(6,7)27-24-36-40(8,9)37(43-11)25-28-41(35,36)10/h12-14,19,31-37H,15-18,20-30H2,1-11H3/b14-12-,19-13-. The highest BCUT2D eigenvalue weighted by Gasteiger charge is 2.61. The van der Waals surface area contributed by atoms with Crippen molar-refractivity contribution in [3.63, 3.8) is 0 Å². The van der Waals surface area contributed by atoms with Crippen LogP contribution in [0.15, 0.2) is 24.3 Å². The molecular weight excluding hydrogens is 520 g/mol. The minimum atomic E-state index is 0.268. The molecule has 0 spiro atoms. The zero-order valence-electron chi connectivity index (χ0n) is 30.9. The minimum Gasteiger partial charge on any atom is -0.381 e. The summed E-state index contributed by atoms with van der Waals surface area (Å²) in [5, 5.41) is 0. The Morgan fingerprint density at radius 1 is 0.791 bits per heavy atom. The van der Waals surface area contributed by atoms with Crippen molar-refractivity contribution in [3.8, 4) is 0 Å². The van der Waals surface area contributed by atoms with E-state index in [4.69, 9.17) is 4.74 Å². The fourth-order valence-corrected chi connectivity index (χ4v) is 13.1. The number of ether oxygens (including phenoxy) is 1. The maximum absolute atomic E-state index is 6.13. The summed E-state index contributed by atoms with van der Waals surface area (Å²) in [6.07, 6.45) is 31.0. The SMILES string of the molecule is C/C=C\CCCCC(C(C)/C=C\C)C12CCCC1C(CCC1C(C)(C)CCC3C(C)(C)C(OC)CCC13C)C(C)(C)CC2. The van der Waals surface area contributed by atoms with Gasteiger partial charge in [-0.1, -0.05) is 92.5 Å². The van der Waals surface area contributed by atoms with Crippen LogP contribution >= 0.6 is 0 Å². The summed E-state index contributed by atoms with van der Waals surface area (Å²) in [6, 6.07) is 0. The summed E-state index contributed by atoms with van der Waals surface area (Å²) in [5.74, 6) is 4.92. The van der Waals surface area contributed by atoms with Crippen LogP contribution in [0.1, 0.15) is 166 Å². The normalized spacial score (nSPS) is 39.9. The van der Waals surface area contributed by atoms with E-state index >= 15 is 0 Å². The van der Waals surface area contributed by atoms with E-state index in [1.165, 1.54) is 96.3 Å². The molecule has 43 heavy (non-hydrogen) atoms. The van der Waals surface area contributed by atoms with Crippen molar-refractivity contribution in [1.82, 2.24) is 0 Å². The summed E-state index contributed by atoms with van der Waals surface area (Å²) in [4.78, 5) is 0. The molecule has 0 aliphatic heterocycles. The molecule has 0 heterocycles. The Labute approximate surface area is 269 Å². The Morgan fingerprint density at radius 3 is 2.21 bits per heavy atom. The zero-order chi connectivity index (χ0) is 31.7. The lowest BCUT2D eigenvalue weighted by Gasteiger charge is -2.64. The Kier molecular flexibility index (Phi) is 11.2. The Morgan fingerprint density at radius 2 is 1.53 bits per heavy atom. The van der Waals surface area contributed by atoms with E-state index < -0.39 is 0 Å². The van der Waals surface area contributed by atoms with Gasteiger partial charge in [-0.25, -0.2) is 0 Å². The van der Waals surface area contributed by atoms with Gasteiger partial charge in [-0.3, -0.25) is 0 Å². The highest BCUT2D eigenvalue weighted by Crippen LogP contribution is 2.68. The number of hydrogen-bond acceptors (Lipinski definition) is 1. The van der Waals surface area contributed by atoms with Gasteiger partial charge in [0, 0.05) is 7.11 Å². The molecule has 0 aromatic heterocycles. The van der Waals surface area contributed by atoms with Gasteiger partial charge in [-0.05, 0) is 160 Å². The predicted molar refractivity (Wildman–Crippen MR) is 188 cm³/mol. The van der Waals surface area contributed by atoms with Crippen LogP contribution in [0.2, 0.25) is 0 Å². The van der Waals surface area contributed by atoms with Gasteiger partial charge in [0.25, 0.3) is 0 Å². The fourth-order valence-electron chi connectivity index (χ4n) is 13.1. The van der Waals surface area contributed by atoms with Crippen LogP contribution in [-0.2, 0) is 4.74 Å². The van der Waals surface area contributed by atoms with E-state index in [2.05, 4.69) is 93.5 Å². The maximum atomic E-state index is 6.13. The summed E-state index contributed by atoms with van der Waals surface area (Å²) in [5.41, 5.74) is 2.16. The monoisotopic (exact) mass is 595 g/mol. The molecule has 0 N–H and O–H groups in total. The number of unbranched alkanes of at least 4 members (excludes halogenated alkanes) is 2. The van der Waals surface area contributed by atoms with E-state index in [0.717, 1.165) is 29.6 Å². The molecule has 4 aliphatic carbocycles. The number of allylic oxidation sites excluding steroid dienone is 4. The smallest absolute Gasteiger partial charge is 0.0625 e. The van der Waals surface area contributed by atoms with Gasteiger partial charge < -0.3 is 4.74 Å². The molecule has 4 saturated carbocycles. The van der Waals surface area contributed by atoms with Crippen molar-refractivity contribution in [2.75, 3.05) is 7.11 Å². The molecule has 0 aromatic rings. The third-order valence-corrected chi connectivity index (χ3v) is 15.2. The van der Waals surface area contributed by atoms with Crippen LogP contribution in [0.5, 0.6) is 0 Å². The second kappa shape index (κ2) is 13.7. The van der Waals surface area contributed by atoms with Crippen LogP contribution in [-0.4, -0.2) is 13.2 Å². The van der Waals surface area contributed by atoms with Crippen molar-refractivity contribution in [3.05, 3.63) is 24.3 Å². The average Bonchev–Trinajstić information content (AvgIpc) is 3.35. The Bertz CT molecular complexity index is 952. The molecular formula is C42H74O. The Balaban J connectivity index is 1.60. The van der Waals surface area contributed by atoms with E-state index in [-0.39, 0.29) is 5.41 Å². The lowest BCUT2D eigenvalue weighted by molar-refractivity contribution is -0.178. The lowest BCUT2D eigenvalue weighted by Crippen LogP contribution is -2.58. The van der Waals surface area contributed by atoms with Crippen molar-refractivity contribution < 1.29 is 4.74 Å². The largest absolute Gasteiger partial charge is 0.381 e. The number of fused-ring (bicyclic) bond motifs is 2. The molecule has 4 rings (SSSR count). The molecule has 0 aromatic carbocycles. The van der Waals surface area contributed by atoms with E-state index in [9.17, 15) is 0 Å². The van der Waals surface area contributed by atoms with Gasteiger partial charge in [0.2, 0.25) is 0 Å². The number of hydrogen-bond donors (Lipinski definition) is 0. The van der Waals surface area contributed by atoms with Crippen LogP contribution in [0, 0.1) is 62.6 Å². The van der Waals surface area contributed by atoms with Gasteiger partial charge in [0.15, 0.2) is 0 Å². The van der Waals surface area contributed by atoms with Gasteiger partial charge in [-0.15, -0.1) is 0 Å². The summed E-state index contributed by atoms with van der Waals surface area (Å²) >= 11 is 0. The third kappa shape index (κ3) is 6.65. The molecule has 0 bridgehead atoms. The minimum absolute atomic E-state index is 0.268. The van der Waals surface area contributed by atoms with E-state index in [1.54, 1.807) is 0 Å². The molecule has 1 heteroatoms. The highest BCUT2D eigenvalue weighted by molar-refractivity contribution is 5.11. The molecule has 0 amide bonds. The first-order chi connectivity index (χ1) is 20.2. The van der Waals surface area contributed by atoms with Crippen molar-refractivity contribution in [2.45, 2.75) is 172 Å². The first-order valence-corrected chi connectivity index (χ1v) is 19.0. The summed E-state index contributed by atoms with van der Waals surface area (Å²) < 4.78 is 6.13. The molecule has 9 atom stereocenters. The summed E-state index contributed by atoms with van der Waals surface area (Å²) in [7, 11) is 1.96. The average molecular weight is 595 g/mol. The first kappa shape index (κ1) is 35.3.